The van der Waals surface area contributed by atoms with Crippen molar-refractivity contribution in [3.63, 3.8) is 0 Å². The molecule has 2 aromatic rings. The second kappa shape index (κ2) is 7.00. The molecule has 0 aromatic heterocycles. The number of carbonyl (C=O) groups is 3. The van der Waals surface area contributed by atoms with Crippen LogP contribution in [-0.2, 0) is 9.59 Å². The molecule has 0 aliphatic carbocycles. The molecule has 1 heterocycles. The van der Waals surface area contributed by atoms with Crippen LogP contribution in [0.3, 0.4) is 0 Å². The fourth-order valence-electron chi connectivity index (χ4n) is 3.24. The van der Waals surface area contributed by atoms with Gasteiger partial charge in [0.1, 0.15) is 12.6 Å². The van der Waals surface area contributed by atoms with Gasteiger partial charge in [-0.25, -0.2) is 4.79 Å². The lowest BCUT2D eigenvalue weighted by Gasteiger charge is -2.16. The molecule has 6 nitrogen and oxygen atoms in total. The summed E-state index contributed by atoms with van der Waals surface area (Å²) >= 11 is 0. The van der Waals surface area contributed by atoms with Gasteiger partial charge in [-0.3, -0.25) is 14.5 Å². The minimum atomic E-state index is -0.751. The van der Waals surface area contributed by atoms with E-state index >= 15 is 0 Å². The molecule has 0 bridgehead atoms. The first-order chi connectivity index (χ1) is 12.4. The second-order valence-electron chi connectivity index (χ2n) is 6.54. The van der Waals surface area contributed by atoms with Crippen molar-refractivity contribution in [1.82, 2.24) is 10.2 Å². The predicted octanol–water partition coefficient (Wildman–Crippen LogP) is 2.84. The normalized spacial score (nSPS) is 16.6. The summed E-state index contributed by atoms with van der Waals surface area (Å²) in [5, 5.41) is 5.44. The molecule has 4 amide bonds. The lowest BCUT2D eigenvalue weighted by molar-refractivity contribution is -0.130. The van der Waals surface area contributed by atoms with Gasteiger partial charge in [0.15, 0.2) is 0 Å². The molecular formula is C20H21N3O3. The summed E-state index contributed by atoms with van der Waals surface area (Å²) < 4.78 is 0. The fourth-order valence-corrected chi connectivity index (χ4v) is 3.24. The molecule has 2 N–H and O–H groups in total. The molecule has 1 saturated heterocycles. The smallest absolute Gasteiger partial charge is 0.324 e. The van der Waals surface area contributed by atoms with E-state index in [1.807, 2.05) is 39.0 Å². The molecule has 1 aliphatic rings. The van der Waals surface area contributed by atoms with Crippen LogP contribution in [0, 0.1) is 20.8 Å². The van der Waals surface area contributed by atoms with Gasteiger partial charge in [0, 0.05) is 5.69 Å². The highest BCUT2D eigenvalue weighted by Crippen LogP contribution is 2.23. The van der Waals surface area contributed by atoms with E-state index in [0.29, 0.717) is 11.3 Å². The number of carbonyl (C=O) groups excluding carboxylic acids is 3. The molecule has 26 heavy (non-hydrogen) atoms. The molecule has 1 atom stereocenters. The molecule has 6 heteroatoms. The van der Waals surface area contributed by atoms with Crippen LogP contribution in [0.2, 0.25) is 0 Å². The topological polar surface area (TPSA) is 78.5 Å². The quantitative estimate of drug-likeness (QED) is 0.832. The molecule has 134 valence electrons. The van der Waals surface area contributed by atoms with E-state index in [-0.39, 0.29) is 6.54 Å². The first-order valence-corrected chi connectivity index (χ1v) is 8.41. The highest BCUT2D eigenvalue weighted by atomic mass is 16.2. The van der Waals surface area contributed by atoms with Crippen LogP contribution in [0.25, 0.3) is 0 Å². The van der Waals surface area contributed by atoms with Crippen molar-refractivity contribution in [3.05, 3.63) is 64.7 Å². The van der Waals surface area contributed by atoms with E-state index in [9.17, 15) is 14.4 Å². The van der Waals surface area contributed by atoms with E-state index in [0.717, 1.165) is 21.6 Å². The highest BCUT2D eigenvalue weighted by molar-refractivity contribution is 6.08. The number of imide groups is 1. The largest absolute Gasteiger partial charge is 0.325 e. The molecule has 1 aliphatic heterocycles. The van der Waals surface area contributed by atoms with Gasteiger partial charge in [0.25, 0.3) is 5.91 Å². The Balaban J connectivity index is 1.72. The third-order valence-electron chi connectivity index (χ3n) is 4.40. The summed E-state index contributed by atoms with van der Waals surface area (Å²) in [6.07, 6.45) is 0. The number of benzene rings is 2. The molecule has 0 radical (unpaired) electrons. The van der Waals surface area contributed by atoms with E-state index < -0.39 is 23.9 Å². The summed E-state index contributed by atoms with van der Waals surface area (Å²) in [4.78, 5) is 38.1. The highest BCUT2D eigenvalue weighted by Gasteiger charge is 2.39. The van der Waals surface area contributed by atoms with Crippen LogP contribution in [0.4, 0.5) is 10.5 Å². The van der Waals surface area contributed by atoms with Gasteiger partial charge in [0.05, 0.1) is 0 Å². The van der Waals surface area contributed by atoms with Gasteiger partial charge in [0.2, 0.25) is 5.91 Å². The number of nitrogens with zero attached hydrogens (tertiary/aromatic N) is 1. The molecule has 3 rings (SSSR count). The van der Waals surface area contributed by atoms with Crippen molar-refractivity contribution < 1.29 is 14.4 Å². The van der Waals surface area contributed by atoms with E-state index in [1.165, 1.54) is 0 Å². The standard InChI is InChI=1S/C20H21N3O3/c1-12-9-13(2)17(14(3)10-12)21-16(24)11-23-19(25)18(22-20(23)26)15-7-5-4-6-8-15/h4-10,18H,11H2,1-3H3,(H,21,24)(H,22,26). The third kappa shape index (κ3) is 3.44. The van der Waals surface area contributed by atoms with Gasteiger partial charge in [-0.15, -0.1) is 0 Å². The third-order valence-corrected chi connectivity index (χ3v) is 4.40. The molecule has 2 aromatic carbocycles. The van der Waals surface area contributed by atoms with Crippen LogP contribution in [-0.4, -0.2) is 29.3 Å². The van der Waals surface area contributed by atoms with E-state index in [1.54, 1.807) is 24.3 Å². The number of hydrogen-bond donors (Lipinski definition) is 2. The first-order valence-electron chi connectivity index (χ1n) is 8.41. The average Bonchev–Trinajstić information content (AvgIpc) is 2.87. The number of nitrogens with one attached hydrogen (secondary N) is 2. The van der Waals surface area contributed by atoms with Gasteiger partial charge in [-0.2, -0.15) is 0 Å². The van der Waals surface area contributed by atoms with Crippen molar-refractivity contribution in [2.24, 2.45) is 0 Å². The summed E-state index contributed by atoms with van der Waals surface area (Å²) in [6.45, 7) is 5.49. The molecule has 0 spiro atoms. The van der Waals surface area contributed by atoms with Crippen LogP contribution in [0.1, 0.15) is 28.3 Å². The Morgan fingerprint density at radius 3 is 2.31 bits per heavy atom. The summed E-state index contributed by atoms with van der Waals surface area (Å²) in [5.41, 5.74) is 4.40. The number of amides is 4. The van der Waals surface area contributed by atoms with Crippen LogP contribution < -0.4 is 10.6 Å². The number of urea groups is 1. The van der Waals surface area contributed by atoms with Crippen molar-refractivity contribution in [3.8, 4) is 0 Å². The van der Waals surface area contributed by atoms with E-state index in [4.69, 9.17) is 0 Å². The van der Waals surface area contributed by atoms with Crippen molar-refractivity contribution >= 4 is 23.5 Å². The Labute approximate surface area is 152 Å². The molecule has 0 saturated carbocycles. The van der Waals surface area contributed by atoms with Gasteiger partial charge in [-0.05, 0) is 37.5 Å². The van der Waals surface area contributed by atoms with Gasteiger partial charge in [-0.1, -0.05) is 48.0 Å². The SMILES string of the molecule is Cc1cc(C)c(NC(=O)CN2C(=O)NC(c3ccccc3)C2=O)c(C)c1. The maximum absolute atomic E-state index is 12.5. The Hall–Kier alpha value is -3.15. The molecule has 1 unspecified atom stereocenters. The van der Waals surface area contributed by atoms with E-state index in [2.05, 4.69) is 10.6 Å². The lowest BCUT2D eigenvalue weighted by Crippen LogP contribution is -2.38. The summed E-state index contributed by atoms with van der Waals surface area (Å²) in [7, 11) is 0. The number of anilines is 1. The van der Waals surface area contributed by atoms with Crippen LogP contribution >= 0.6 is 0 Å². The van der Waals surface area contributed by atoms with Gasteiger partial charge < -0.3 is 10.6 Å². The lowest BCUT2D eigenvalue weighted by atomic mass is 10.1. The number of aryl methyl sites for hydroxylation is 3. The first kappa shape index (κ1) is 17.7. The Kier molecular flexibility index (Phi) is 4.75. The average molecular weight is 351 g/mol. The minimum absolute atomic E-state index is 0.319. The monoisotopic (exact) mass is 351 g/mol. The molecule has 1 fully saturated rings. The number of rotatable bonds is 4. The zero-order valence-electron chi connectivity index (χ0n) is 15.0. The van der Waals surface area contributed by atoms with Crippen molar-refractivity contribution in [2.75, 3.05) is 11.9 Å². The minimum Gasteiger partial charge on any atom is -0.324 e. The van der Waals surface area contributed by atoms with Crippen LogP contribution in [0.15, 0.2) is 42.5 Å². The number of hydrogen-bond acceptors (Lipinski definition) is 3. The zero-order chi connectivity index (χ0) is 18.8. The van der Waals surface area contributed by atoms with Gasteiger partial charge >= 0.3 is 6.03 Å². The Bertz CT molecular complexity index is 854. The van der Waals surface area contributed by atoms with Crippen LogP contribution in [0.5, 0.6) is 0 Å². The zero-order valence-corrected chi connectivity index (χ0v) is 15.0. The Morgan fingerprint density at radius 2 is 1.69 bits per heavy atom. The second-order valence-corrected chi connectivity index (χ2v) is 6.54. The maximum Gasteiger partial charge on any atom is 0.325 e. The fraction of sp³-hybridized carbons (Fsp3) is 0.250. The Morgan fingerprint density at radius 1 is 1.08 bits per heavy atom. The maximum atomic E-state index is 12.5. The van der Waals surface area contributed by atoms with Crippen molar-refractivity contribution in [1.29, 1.82) is 0 Å². The predicted molar refractivity (Wildman–Crippen MR) is 98.7 cm³/mol. The summed E-state index contributed by atoms with van der Waals surface area (Å²) in [6, 6.07) is 11.6. The molecular weight excluding hydrogens is 330 g/mol. The van der Waals surface area contributed by atoms with Crippen molar-refractivity contribution in [2.45, 2.75) is 26.8 Å². The summed E-state index contributed by atoms with van der Waals surface area (Å²) in [5.74, 6) is -0.828.